The highest BCUT2D eigenvalue weighted by molar-refractivity contribution is 5.43. The molecule has 0 aromatic carbocycles. The molecule has 0 aliphatic carbocycles. The summed E-state index contributed by atoms with van der Waals surface area (Å²) in [5.41, 5.74) is 2.99. The maximum absolute atomic E-state index is 4.83. The van der Waals surface area contributed by atoms with Gasteiger partial charge in [-0.3, -0.25) is 0 Å². The van der Waals surface area contributed by atoms with Crippen molar-refractivity contribution in [2.45, 2.75) is 53.5 Å². The Bertz CT molecular complexity index is 438. The first-order chi connectivity index (χ1) is 9.64. The second kappa shape index (κ2) is 6.57. The van der Waals surface area contributed by atoms with Crippen molar-refractivity contribution in [3.8, 4) is 0 Å². The summed E-state index contributed by atoms with van der Waals surface area (Å²) < 4.78 is 0. The summed E-state index contributed by atoms with van der Waals surface area (Å²) in [6.07, 6.45) is 3.86. The number of pyridine rings is 1. The fraction of sp³-hybridized carbons (Fsp3) is 0.706. The predicted octanol–water partition coefficient (Wildman–Crippen LogP) is 3.52. The van der Waals surface area contributed by atoms with Gasteiger partial charge >= 0.3 is 0 Å². The number of aryl methyl sites for hydroxylation is 1. The van der Waals surface area contributed by atoms with E-state index in [0.29, 0.717) is 5.41 Å². The van der Waals surface area contributed by atoms with E-state index in [2.05, 4.69) is 50.0 Å². The van der Waals surface area contributed by atoms with E-state index in [1.165, 1.54) is 31.4 Å². The third-order valence-electron chi connectivity index (χ3n) is 5.01. The molecule has 1 aliphatic rings. The zero-order valence-corrected chi connectivity index (χ0v) is 13.5. The second-order valence-electron chi connectivity index (χ2n) is 6.07. The molecule has 3 nitrogen and oxygen atoms in total. The van der Waals surface area contributed by atoms with Gasteiger partial charge in [-0.05, 0) is 49.8 Å². The number of rotatable bonds is 6. The summed E-state index contributed by atoms with van der Waals surface area (Å²) in [6, 6.07) is 4.43. The second-order valence-corrected chi connectivity index (χ2v) is 6.07. The van der Waals surface area contributed by atoms with Crippen molar-refractivity contribution in [3.63, 3.8) is 0 Å². The highest BCUT2D eigenvalue weighted by Crippen LogP contribution is 2.38. The number of nitrogens with zero attached hydrogens (tertiary/aromatic N) is 2. The fourth-order valence-corrected chi connectivity index (χ4v) is 3.16. The van der Waals surface area contributed by atoms with Gasteiger partial charge in [-0.1, -0.05) is 26.8 Å². The Balaban J connectivity index is 2.09. The Hall–Kier alpha value is -1.09. The van der Waals surface area contributed by atoms with Gasteiger partial charge in [0.1, 0.15) is 5.82 Å². The van der Waals surface area contributed by atoms with Gasteiger partial charge in [0, 0.05) is 25.3 Å². The van der Waals surface area contributed by atoms with Crippen LogP contribution in [0.25, 0.3) is 0 Å². The summed E-state index contributed by atoms with van der Waals surface area (Å²) in [7, 11) is 0. The molecule has 20 heavy (non-hydrogen) atoms. The molecule has 0 amide bonds. The molecule has 0 bridgehead atoms. The molecule has 0 atom stereocenters. The van der Waals surface area contributed by atoms with Gasteiger partial charge in [0.15, 0.2) is 0 Å². The molecule has 2 rings (SSSR count). The van der Waals surface area contributed by atoms with Crippen molar-refractivity contribution in [3.05, 3.63) is 23.4 Å². The Morgan fingerprint density at radius 2 is 2.00 bits per heavy atom. The van der Waals surface area contributed by atoms with E-state index in [0.717, 1.165) is 31.1 Å². The lowest BCUT2D eigenvalue weighted by Gasteiger charge is -2.27. The van der Waals surface area contributed by atoms with Crippen molar-refractivity contribution in [1.29, 1.82) is 0 Å². The van der Waals surface area contributed by atoms with Crippen molar-refractivity contribution >= 4 is 5.82 Å². The molecule has 112 valence electrons. The maximum atomic E-state index is 4.83. The first-order valence-electron chi connectivity index (χ1n) is 8.06. The number of anilines is 1. The standard InChI is InChI=1S/C17H29N3/c1-5-17(6-2)10-11-20(13-17)16-9-8-15(12-18-7-3)14(4)19-16/h8-9,18H,5-7,10-13H2,1-4H3. The molecule has 1 fully saturated rings. The fourth-order valence-electron chi connectivity index (χ4n) is 3.16. The minimum Gasteiger partial charge on any atom is -0.356 e. The van der Waals surface area contributed by atoms with Crippen LogP contribution in [0.15, 0.2) is 12.1 Å². The molecule has 0 unspecified atom stereocenters. The van der Waals surface area contributed by atoms with Crippen LogP contribution in [0, 0.1) is 12.3 Å². The van der Waals surface area contributed by atoms with Crippen LogP contribution in [0.1, 0.15) is 51.3 Å². The van der Waals surface area contributed by atoms with Crippen LogP contribution < -0.4 is 10.2 Å². The molecule has 3 heteroatoms. The number of nitrogens with one attached hydrogen (secondary N) is 1. The Morgan fingerprint density at radius 1 is 1.25 bits per heavy atom. The largest absolute Gasteiger partial charge is 0.356 e. The van der Waals surface area contributed by atoms with Crippen molar-refractivity contribution in [2.75, 3.05) is 24.5 Å². The highest BCUT2D eigenvalue weighted by atomic mass is 15.2. The van der Waals surface area contributed by atoms with Gasteiger partial charge in [0.05, 0.1) is 0 Å². The van der Waals surface area contributed by atoms with Crippen LogP contribution in [0.2, 0.25) is 0 Å². The smallest absolute Gasteiger partial charge is 0.128 e. The Kier molecular flexibility index (Phi) is 5.03. The van der Waals surface area contributed by atoms with E-state index in [-0.39, 0.29) is 0 Å². The summed E-state index contributed by atoms with van der Waals surface area (Å²) in [4.78, 5) is 7.30. The van der Waals surface area contributed by atoms with Gasteiger partial charge in [0.2, 0.25) is 0 Å². The van der Waals surface area contributed by atoms with E-state index >= 15 is 0 Å². The van der Waals surface area contributed by atoms with Gasteiger partial charge in [-0.15, -0.1) is 0 Å². The van der Waals surface area contributed by atoms with E-state index in [9.17, 15) is 0 Å². The Morgan fingerprint density at radius 3 is 2.55 bits per heavy atom. The summed E-state index contributed by atoms with van der Waals surface area (Å²) in [6.45, 7) is 13.2. The molecule has 1 saturated heterocycles. The molecule has 0 spiro atoms. The van der Waals surface area contributed by atoms with Crippen molar-refractivity contribution < 1.29 is 0 Å². The molecule has 0 saturated carbocycles. The molecule has 0 radical (unpaired) electrons. The number of hydrogen-bond donors (Lipinski definition) is 1. The third-order valence-corrected chi connectivity index (χ3v) is 5.01. The number of aromatic nitrogens is 1. The number of hydrogen-bond acceptors (Lipinski definition) is 3. The third kappa shape index (κ3) is 3.14. The molecular formula is C17H29N3. The quantitative estimate of drug-likeness (QED) is 0.861. The SMILES string of the molecule is CCNCc1ccc(N2CCC(CC)(CC)C2)nc1C. The minimum absolute atomic E-state index is 0.512. The summed E-state index contributed by atoms with van der Waals surface area (Å²) >= 11 is 0. The zero-order valence-electron chi connectivity index (χ0n) is 13.5. The monoisotopic (exact) mass is 275 g/mol. The van der Waals surface area contributed by atoms with Crippen molar-refractivity contribution in [1.82, 2.24) is 10.3 Å². The van der Waals surface area contributed by atoms with Gasteiger partial charge in [0.25, 0.3) is 0 Å². The van der Waals surface area contributed by atoms with Gasteiger partial charge in [-0.2, -0.15) is 0 Å². The maximum Gasteiger partial charge on any atom is 0.128 e. The van der Waals surface area contributed by atoms with Crippen LogP contribution in [-0.4, -0.2) is 24.6 Å². The van der Waals surface area contributed by atoms with E-state index in [1.54, 1.807) is 0 Å². The lowest BCUT2D eigenvalue weighted by molar-refractivity contribution is 0.301. The average Bonchev–Trinajstić information content (AvgIpc) is 2.91. The van der Waals surface area contributed by atoms with Crippen LogP contribution in [0.4, 0.5) is 5.82 Å². The van der Waals surface area contributed by atoms with E-state index in [4.69, 9.17) is 4.98 Å². The topological polar surface area (TPSA) is 28.2 Å². The normalized spacial score (nSPS) is 17.7. The lowest BCUT2D eigenvalue weighted by atomic mass is 9.82. The van der Waals surface area contributed by atoms with E-state index in [1.807, 2.05) is 0 Å². The summed E-state index contributed by atoms with van der Waals surface area (Å²) in [5, 5.41) is 3.37. The van der Waals surface area contributed by atoms with Crippen LogP contribution >= 0.6 is 0 Å². The average molecular weight is 275 g/mol. The molecule has 1 aromatic rings. The molecular weight excluding hydrogens is 246 g/mol. The van der Waals surface area contributed by atoms with Gasteiger partial charge < -0.3 is 10.2 Å². The molecule has 1 aromatic heterocycles. The van der Waals surface area contributed by atoms with Crippen LogP contribution in [0.3, 0.4) is 0 Å². The molecule has 1 N–H and O–H groups in total. The predicted molar refractivity (Wildman–Crippen MR) is 86.2 cm³/mol. The van der Waals surface area contributed by atoms with E-state index < -0.39 is 0 Å². The molecule has 1 aliphatic heterocycles. The van der Waals surface area contributed by atoms with Crippen LogP contribution in [-0.2, 0) is 6.54 Å². The minimum atomic E-state index is 0.512. The zero-order chi connectivity index (χ0) is 14.6. The molecule has 2 heterocycles. The Labute approximate surface area is 123 Å². The first kappa shape index (κ1) is 15.3. The van der Waals surface area contributed by atoms with Crippen LogP contribution in [0.5, 0.6) is 0 Å². The van der Waals surface area contributed by atoms with Gasteiger partial charge in [-0.25, -0.2) is 4.98 Å². The first-order valence-corrected chi connectivity index (χ1v) is 8.06. The summed E-state index contributed by atoms with van der Waals surface area (Å²) in [5.74, 6) is 1.16. The van der Waals surface area contributed by atoms with Crippen molar-refractivity contribution in [2.24, 2.45) is 5.41 Å². The highest BCUT2D eigenvalue weighted by Gasteiger charge is 2.35. The lowest BCUT2D eigenvalue weighted by Crippen LogP contribution is -2.27.